The van der Waals surface area contributed by atoms with Crippen molar-refractivity contribution >= 4 is 53.7 Å². The predicted octanol–water partition coefficient (Wildman–Crippen LogP) is 16.4. The summed E-state index contributed by atoms with van der Waals surface area (Å²) < 4.78 is 61.4. The first kappa shape index (κ1) is 81.4. The van der Waals surface area contributed by atoms with Crippen LogP contribution in [0.25, 0.3) is 0 Å². The Morgan fingerprint density at radius 3 is 0.981 bits per heavy atom. The van der Waals surface area contributed by atoms with Gasteiger partial charge in [0.15, 0.2) is 5.75 Å². The van der Waals surface area contributed by atoms with Gasteiger partial charge in [0.1, 0.15) is 52.6 Å². The summed E-state index contributed by atoms with van der Waals surface area (Å²) in [4.78, 5) is 97.5. The second-order valence-electron chi connectivity index (χ2n) is 23.7. The second kappa shape index (κ2) is 47.4. The summed E-state index contributed by atoms with van der Waals surface area (Å²) in [5, 5.41) is 9.26. The van der Waals surface area contributed by atoms with Crippen molar-refractivity contribution in [1.29, 1.82) is 0 Å². The third kappa shape index (κ3) is 31.0. The Morgan fingerprint density at radius 1 is 0.311 bits per heavy atom. The number of esters is 7. The van der Waals surface area contributed by atoms with Gasteiger partial charge in [0.05, 0.1) is 75.8 Å². The molecule has 0 atom stereocenters. The molecule has 0 saturated heterocycles. The number of rotatable bonds is 50. The van der Waals surface area contributed by atoms with E-state index < -0.39 is 41.8 Å². The molecular formula is C84H90N2O20. The average molecular weight is 1450 g/mol. The number of carbonyl (C=O) groups excluding carboxylic acids is 7. The van der Waals surface area contributed by atoms with Gasteiger partial charge in [-0.1, -0.05) is 38.4 Å². The van der Waals surface area contributed by atoms with Gasteiger partial charge in [-0.2, -0.15) is 9.99 Å². The van der Waals surface area contributed by atoms with Crippen molar-refractivity contribution in [3.63, 3.8) is 0 Å². The Labute approximate surface area is 618 Å². The van der Waals surface area contributed by atoms with Crippen LogP contribution in [-0.2, 0) is 49.6 Å². The van der Waals surface area contributed by atoms with Gasteiger partial charge in [-0.05, 0) is 260 Å². The van der Waals surface area contributed by atoms with E-state index in [0.29, 0.717) is 104 Å². The van der Waals surface area contributed by atoms with Gasteiger partial charge in [0.25, 0.3) is 0 Å². The van der Waals surface area contributed by atoms with Crippen molar-refractivity contribution in [2.45, 2.75) is 109 Å². The lowest BCUT2D eigenvalue weighted by Gasteiger charge is -2.11. The Hall–Kier alpha value is -11.9. The smallest absolute Gasteiger partial charge is 0.343 e. The summed E-state index contributed by atoms with van der Waals surface area (Å²) in [6, 6.07) is 45.2. The molecule has 0 bridgehead atoms. The van der Waals surface area contributed by atoms with Crippen LogP contribution in [0.5, 0.6) is 46.0 Å². The molecule has 0 unspecified atom stereocenters. The van der Waals surface area contributed by atoms with Gasteiger partial charge in [0.2, 0.25) is 0 Å². The summed E-state index contributed by atoms with van der Waals surface area (Å²) in [7, 11) is 0. The maximum Gasteiger partial charge on any atom is 0.343 e. The molecule has 22 heteroatoms. The molecule has 0 fully saturated rings. The number of ether oxygens (including phenoxy) is 11. The number of benzene rings is 7. The zero-order valence-corrected chi connectivity index (χ0v) is 59.5. The fraction of sp³-hybridized carbons (Fsp3) is 0.298. The molecule has 0 spiro atoms. The lowest BCUT2D eigenvalue weighted by molar-refractivity contribution is -0.217. The van der Waals surface area contributed by atoms with Crippen molar-refractivity contribution in [3.8, 4) is 46.0 Å². The van der Waals surface area contributed by atoms with Crippen LogP contribution in [0.1, 0.15) is 156 Å². The van der Waals surface area contributed by atoms with Crippen molar-refractivity contribution in [1.82, 2.24) is 0 Å². The first-order chi connectivity index (χ1) is 51.8. The largest absolute Gasteiger partial charge is 0.494 e. The standard InChI is InChI=1S/C84H90N2O20/c1-5-77(87)98-55-21-13-9-17-51-94-69-37-25-62(26-38-69)61-102-106-74-47-29-64(30-48-74)81(63-27-45-73(46-28-63)103-82(91)65-31-39-70(40-32-65)95-52-18-10-14-22-56-99-78(88)6-2)86-85-60-68-59-75(104-83(92)66-33-41-71(42-34-66)96-53-19-11-15-23-57-100-79(89)7-3)49-50-76(68)105-84(93)67-35-43-72(44-36-67)97-54-20-12-16-24-58-101-80(90)8-4/h5-8,25-50,59-60H,1-4,9-24,51-58,61H2/b85-60+,86-81+. The highest BCUT2D eigenvalue weighted by Crippen LogP contribution is 2.28. The monoisotopic (exact) mass is 1450 g/mol. The maximum absolute atomic E-state index is 13.9. The van der Waals surface area contributed by atoms with Gasteiger partial charge in [0, 0.05) is 41.0 Å². The Bertz CT molecular complexity index is 4000. The SMILES string of the molecule is C=CC(=O)OCCCCCCOc1ccc(COOc2ccc(/C(=N/N=C/c3cc(OC(=O)c4ccc(OCCCCCCOC(=O)C=C)cc4)ccc3OC(=O)c3ccc(OCCCCCCOC(=O)C=C)cc3)c3ccc(OC(=O)c4ccc(OCCCCCCOC(=O)C=C)cc4)cc3)cc2)cc1. The normalized spacial score (nSPS) is 10.9. The third-order valence-electron chi connectivity index (χ3n) is 15.7. The maximum atomic E-state index is 13.9. The fourth-order valence-electron chi connectivity index (χ4n) is 9.88. The van der Waals surface area contributed by atoms with E-state index in [2.05, 4.69) is 31.4 Å². The molecule has 7 aromatic carbocycles. The van der Waals surface area contributed by atoms with Crippen LogP contribution in [0.3, 0.4) is 0 Å². The molecule has 0 aliphatic heterocycles. The lowest BCUT2D eigenvalue weighted by Crippen LogP contribution is -2.11. The number of hydrogen-bond acceptors (Lipinski definition) is 22. The van der Waals surface area contributed by atoms with E-state index in [0.717, 1.165) is 133 Å². The zero-order chi connectivity index (χ0) is 75.2. The van der Waals surface area contributed by atoms with E-state index in [4.69, 9.17) is 67.0 Å². The summed E-state index contributed by atoms with van der Waals surface area (Å²) in [5.74, 6) is -0.518. The highest BCUT2D eigenvalue weighted by atomic mass is 17.2. The lowest BCUT2D eigenvalue weighted by atomic mass is 10.0. The molecule has 22 nitrogen and oxygen atoms in total. The molecule has 0 heterocycles. The van der Waals surface area contributed by atoms with Gasteiger partial charge in [-0.15, -0.1) is 5.10 Å². The van der Waals surface area contributed by atoms with E-state index >= 15 is 0 Å². The molecule has 7 rings (SSSR count). The first-order valence-corrected chi connectivity index (χ1v) is 35.3. The van der Waals surface area contributed by atoms with E-state index in [-0.39, 0.29) is 40.5 Å². The van der Waals surface area contributed by atoms with Gasteiger partial charge in [-0.3, -0.25) is 0 Å². The van der Waals surface area contributed by atoms with Crippen LogP contribution >= 0.6 is 0 Å². The summed E-state index contributed by atoms with van der Waals surface area (Å²) in [5.41, 5.74) is 3.29. The van der Waals surface area contributed by atoms with Gasteiger partial charge >= 0.3 is 41.8 Å². The highest BCUT2D eigenvalue weighted by molar-refractivity contribution is 6.13. The molecule has 0 N–H and O–H groups in total. The number of unbranched alkanes of at least 4 members (excludes halogenated alkanes) is 12. The van der Waals surface area contributed by atoms with Crippen LogP contribution in [-0.4, -0.2) is 107 Å². The minimum absolute atomic E-state index is 0.0564. The van der Waals surface area contributed by atoms with E-state index in [9.17, 15) is 33.6 Å². The van der Waals surface area contributed by atoms with Crippen LogP contribution in [0.15, 0.2) is 225 Å². The van der Waals surface area contributed by atoms with Crippen LogP contribution in [0.2, 0.25) is 0 Å². The van der Waals surface area contributed by atoms with Crippen molar-refractivity contribution in [2.75, 3.05) is 52.9 Å². The summed E-state index contributed by atoms with van der Waals surface area (Å²) in [6.07, 6.45) is 19.1. The number of hydrogen-bond donors (Lipinski definition) is 0. The quantitative estimate of drug-likeness (QED) is 0.00501. The summed E-state index contributed by atoms with van der Waals surface area (Å²) in [6.45, 7) is 17.0. The van der Waals surface area contributed by atoms with E-state index in [1.54, 1.807) is 121 Å². The Morgan fingerprint density at radius 2 is 0.613 bits per heavy atom. The zero-order valence-electron chi connectivity index (χ0n) is 59.5. The average Bonchev–Trinajstić information content (AvgIpc) is 0.828. The van der Waals surface area contributed by atoms with Crippen molar-refractivity contribution in [2.24, 2.45) is 10.2 Å². The molecule has 0 aromatic heterocycles. The molecule has 7 aromatic rings. The first-order valence-electron chi connectivity index (χ1n) is 35.3. The Kier molecular flexibility index (Phi) is 36.4. The number of nitrogens with zero attached hydrogens (tertiary/aromatic N) is 2. The van der Waals surface area contributed by atoms with Crippen molar-refractivity contribution < 1.29 is 95.4 Å². The summed E-state index contributed by atoms with van der Waals surface area (Å²) >= 11 is 0. The van der Waals surface area contributed by atoms with E-state index in [1.165, 1.54) is 24.4 Å². The third-order valence-corrected chi connectivity index (χ3v) is 15.7. The van der Waals surface area contributed by atoms with Gasteiger partial charge in [-0.25, -0.2) is 33.6 Å². The minimum atomic E-state index is -0.703. The molecule has 106 heavy (non-hydrogen) atoms. The Balaban J connectivity index is 1.06. The molecule has 0 amide bonds. The topological polar surface area (TPSA) is 264 Å². The molecule has 556 valence electrons. The van der Waals surface area contributed by atoms with Crippen LogP contribution in [0, 0.1) is 0 Å². The van der Waals surface area contributed by atoms with Crippen LogP contribution < -0.4 is 38.0 Å². The van der Waals surface area contributed by atoms with Crippen molar-refractivity contribution in [3.05, 3.63) is 253 Å². The highest BCUT2D eigenvalue weighted by Gasteiger charge is 2.18. The second-order valence-corrected chi connectivity index (χ2v) is 23.7. The van der Waals surface area contributed by atoms with E-state index in [1.807, 2.05) is 24.3 Å². The molecule has 0 saturated carbocycles. The molecule has 0 radical (unpaired) electrons. The number of carbonyl (C=O) groups is 7. The fourth-order valence-corrected chi connectivity index (χ4v) is 9.88. The van der Waals surface area contributed by atoms with Crippen LogP contribution in [0.4, 0.5) is 0 Å². The predicted molar refractivity (Wildman–Crippen MR) is 399 cm³/mol. The molecular weight excluding hydrogens is 1360 g/mol. The molecule has 0 aliphatic rings. The van der Waals surface area contributed by atoms with Gasteiger partial charge < -0.3 is 57.0 Å². The molecule has 0 aliphatic carbocycles. The minimum Gasteiger partial charge on any atom is -0.494 e.